The van der Waals surface area contributed by atoms with Gasteiger partial charge >= 0.3 is 5.97 Å². The van der Waals surface area contributed by atoms with Crippen LogP contribution in [0.2, 0.25) is 0 Å². The summed E-state index contributed by atoms with van der Waals surface area (Å²) in [6.45, 7) is 1.54. The van der Waals surface area contributed by atoms with Crippen LogP contribution in [0.4, 0.5) is 0 Å². The molecule has 0 aromatic heterocycles. The Kier molecular flexibility index (Phi) is 4.28. The normalized spacial score (nSPS) is 11.1. The highest BCUT2D eigenvalue weighted by Crippen LogP contribution is 2.31. The Morgan fingerprint density at radius 3 is 2.24 bits per heavy atom. The van der Waals surface area contributed by atoms with E-state index >= 15 is 0 Å². The Labute approximate surface area is 122 Å². The first-order chi connectivity index (χ1) is 9.95. The van der Waals surface area contributed by atoms with Crippen molar-refractivity contribution in [1.29, 1.82) is 0 Å². The minimum absolute atomic E-state index is 0.0267. The molecule has 0 atom stereocenters. The van der Waals surface area contributed by atoms with Gasteiger partial charge in [0, 0.05) is 0 Å². The summed E-state index contributed by atoms with van der Waals surface area (Å²) in [4.78, 5) is 11.2. The van der Waals surface area contributed by atoms with Gasteiger partial charge in [-0.2, -0.15) is 0 Å². The molecule has 2 rings (SSSR count). The summed E-state index contributed by atoms with van der Waals surface area (Å²) in [6.07, 6.45) is 0. The third-order valence-corrected chi connectivity index (χ3v) is 4.67. The molecule has 0 aliphatic carbocycles. The van der Waals surface area contributed by atoms with Crippen molar-refractivity contribution >= 4 is 15.8 Å². The van der Waals surface area contributed by atoms with Gasteiger partial charge in [-0.1, -0.05) is 31.2 Å². The van der Waals surface area contributed by atoms with Crippen LogP contribution in [0.25, 0.3) is 0 Å². The number of para-hydroxylation sites is 2. The minimum atomic E-state index is -3.45. The molecule has 110 valence electrons. The predicted molar refractivity (Wildman–Crippen MR) is 77.6 cm³/mol. The summed E-state index contributed by atoms with van der Waals surface area (Å²) >= 11 is 0. The molecule has 0 saturated heterocycles. The summed E-state index contributed by atoms with van der Waals surface area (Å²) < 4.78 is 29.6. The summed E-state index contributed by atoms with van der Waals surface area (Å²) in [5, 5.41) is 9.12. The highest BCUT2D eigenvalue weighted by atomic mass is 32.2. The first-order valence-electron chi connectivity index (χ1n) is 6.27. The average Bonchev–Trinajstić information content (AvgIpc) is 2.48. The molecule has 0 bridgehead atoms. The van der Waals surface area contributed by atoms with Crippen LogP contribution in [-0.2, 0) is 9.84 Å². The first kappa shape index (κ1) is 15.1. The highest BCUT2D eigenvalue weighted by Gasteiger charge is 2.19. The van der Waals surface area contributed by atoms with Gasteiger partial charge in [0.25, 0.3) is 0 Å². The van der Waals surface area contributed by atoms with Gasteiger partial charge in [0.15, 0.2) is 9.84 Å². The summed E-state index contributed by atoms with van der Waals surface area (Å²) in [6, 6.07) is 12.3. The number of ether oxygens (including phenoxy) is 1. The molecule has 6 heteroatoms. The maximum atomic E-state index is 12.0. The second-order valence-electron chi connectivity index (χ2n) is 4.25. The van der Waals surface area contributed by atoms with E-state index in [0.29, 0.717) is 0 Å². The SMILES string of the molecule is CCS(=O)(=O)c1ccccc1Oc1ccccc1C(=O)O. The number of carbonyl (C=O) groups is 1. The zero-order chi connectivity index (χ0) is 15.5. The van der Waals surface area contributed by atoms with Crippen molar-refractivity contribution in [1.82, 2.24) is 0 Å². The molecule has 0 unspecified atom stereocenters. The first-order valence-corrected chi connectivity index (χ1v) is 7.93. The second kappa shape index (κ2) is 5.97. The van der Waals surface area contributed by atoms with Gasteiger partial charge in [-0.25, -0.2) is 13.2 Å². The Hall–Kier alpha value is -2.34. The number of aromatic carboxylic acids is 1. The van der Waals surface area contributed by atoms with Crippen LogP contribution in [0, 0.1) is 0 Å². The molecule has 5 nitrogen and oxygen atoms in total. The maximum absolute atomic E-state index is 12.0. The van der Waals surface area contributed by atoms with E-state index in [4.69, 9.17) is 9.84 Å². The lowest BCUT2D eigenvalue weighted by atomic mass is 10.2. The Morgan fingerprint density at radius 2 is 1.62 bits per heavy atom. The summed E-state index contributed by atoms with van der Waals surface area (Å²) in [7, 11) is -3.45. The molecule has 0 radical (unpaired) electrons. The fourth-order valence-corrected chi connectivity index (χ4v) is 2.81. The van der Waals surface area contributed by atoms with E-state index in [0.717, 1.165) is 0 Å². The molecule has 0 aliphatic heterocycles. The van der Waals surface area contributed by atoms with Crippen molar-refractivity contribution < 1.29 is 23.1 Å². The molecule has 0 aliphatic rings. The molecular weight excluding hydrogens is 292 g/mol. The van der Waals surface area contributed by atoms with Gasteiger partial charge in [-0.05, 0) is 24.3 Å². The van der Waals surface area contributed by atoms with E-state index in [9.17, 15) is 13.2 Å². The van der Waals surface area contributed by atoms with Crippen molar-refractivity contribution in [3.05, 3.63) is 54.1 Å². The Balaban J connectivity index is 2.49. The van der Waals surface area contributed by atoms with Crippen LogP contribution < -0.4 is 4.74 Å². The molecule has 2 aromatic carbocycles. The van der Waals surface area contributed by atoms with Gasteiger partial charge in [-0.15, -0.1) is 0 Å². The van der Waals surface area contributed by atoms with Crippen molar-refractivity contribution in [2.45, 2.75) is 11.8 Å². The second-order valence-corrected chi connectivity index (χ2v) is 6.50. The van der Waals surface area contributed by atoms with Crippen molar-refractivity contribution in [2.75, 3.05) is 5.75 Å². The monoisotopic (exact) mass is 306 g/mol. The lowest BCUT2D eigenvalue weighted by Gasteiger charge is -2.12. The smallest absolute Gasteiger partial charge is 0.339 e. The molecular formula is C15H14O5S. The number of carboxylic acids is 1. The van der Waals surface area contributed by atoms with Gasteiger partial charge in [-0.3, -0.25) is 0 Å². The molecule has 0 amide bonds. The van der Waals surface area contributed by atoms with E-state index in [1.807, 2.05) is 0 Å². The van der Waals surface area contributed by atoms with Gasteiger partial charge in [0.2, 0.25) is 0 Å². The van der Waals surface area contributed by atoms with Gasteiger partial charge in [0.05, 0.1) is 5.75 Å². The summed E-state index contributed by atoms with van der Waals surface area (Å²) in [5.74, 6) is -0.980. The predicted octanol–water partition coefficient (Wildman–Crippen LogP) is 2.97. The number of benzene rings is 2. The van der Waals surface area contributed by atoms with Crippen LogP contribution in [0.5, 0.6) is 11.5 Å². The van der Waals surface area contributed by atoms with Crippen LogP contribution in [-0.4, -0.2) is 25.2 Å². The number of rotatable bonds is 5. The molecule has 21 heavy (non-hydrogen) atoms. The van der Waals surface area contributed by atoms with E-state index < -0.39 is 15.8 Å². The summed E-state index contributed by atoms with van der Waals surface area (Å²) in [5.41, 5.74) is -0.0267. The lowest BCUT2D eigenvalue weighted by molar-refractivity contribution is 0.0694. The molecule has 1 N–H and O–H groups in total. The topological polar surface area (TPSA) is 80.7 Å². The van der Waals surface area contributed by atoms with Crippen molar-refractivity contribution in [3.63, 3.8) is 0 Å². The molecule has 0 saturated carbocycles. The van der Waals surface area contributed by atoms with Crippen LogP contribution in [0.3, 0.4) is 0 Å². The van der Waals surface area contributed by atoms with Crippen LogP contribution in [0.15, 0.2) is 53.4 Å². The van der Waals surface area contributed by atoms with E-state index in [1.165, 1.54) is 31.2 Å². The van der Waals surface area contributed by atoms with Crippen molar-refractivity contribution in [3.8, 4) is 11.5 Å². The fraction of sp³-hybridized carbons (Fsp3) is 0.133. The average molecular weight is 306 g/mol. The number of carboxylic acid groups (broad SMARTS) is 1. The fourth-order valence-electron chi connectivity index (χ4n) is 1.80. The third-order valence-electron chi connectivity index (χ3n) is 2.90. The molecule has 2 aromatic rings. The third kappa shape index (κ3) is 3.22. The molecule has 0 fully saturated rings. The van der Waals surface area contributed by atoms with Gasteiger partial charge in [0.1, 0.15) is 22.0 Å². The molecule has 0 spiro atoms. The standard InChI is InChI=1S/C15H14O5S/c1-2-21(18,19)14-10-6-5-9-13(14)20-12-8-4-3-7-11(12)15(16)17/h3-10H,2H2,1H3,(H,16,17). The van der Waals surface area contributed by atoms with Gasteiger partial charge < -0.3 is 9.84 Å². The Bertz CT molecular complexity index is 765. The van der Waals surface area contributed by atoms with E-state index in [-0.39, 0.29) is 27.7 Å². The number of hydrogen-bond acceptors (Lipinski definition) is 4. The Morgan fingerprint density at radius 1 is 1.05 bits per heavy atom. The number of hydrogen-bond donors (Lipinski definition) is 1. The quantitative estimate of drug-likeness (QED) is 0.918. The lowest BCUT2D eigenvalue weighted by Crippen LogP contribution is -2.06. The largest absolute Gasteiger partial charge is 0.478 e. The highest BCUT2D eigenvalue weighted by molar-refractivity contribution is 7.91. The van der Waals surface area contributed by atoms with Crippen molar-refractivity contribution in [2.24, 2.45) is 0 Å². The van der Waals surface area contributed by atoms with E-state index in [1.54, 1.807) is 24.3 Å². The number of sulfone groups is 1. The van der Waals surface area contributed by atoms with Crippen LogP contribution in [0.1, 0.15) is 17.3 Å². The minimum Gasteiger partial charge on any atom is -0.478 e. The van der Waals surface area contributed by atoms with E-state index in [2.05, 4.69) is 0 Å². The zero-order valence-corrected chi connectivity index (χ0v) is 12.1. The molecule has 0 heterocycles. The zero-order valence-electron chi connectivity index (χ0n) is 11.3. The van der Waals surface area contributed by atoms with Crippen LogP contribution >= 0.6 is 0 Å². The maximum Gasteiger partial charge on any atom is 0.339 e.